The van der Waals surface area contributed by atoms with Gasteiger partial charge >= 0.3 is 0 Å². The molecule has 0 atom stereocenters. The molecule has 4 aromatic rings. The Morgan fingerprint density at radius 2 is 1.83 bits per heavy atom. The van der Waals surface area contributed by atoms with Crippen molar-refractivity contribution in [1.82, 2.24) is 15.1 Å². The average molecular weight is 440 g/mol. The predicted molar refractivity (Wildman–Crippen MR) is 116 cm³/mol. The molecule has 0 saturated carbocycles. The third-order valence-corrected chi connectivity index (χ3v) is 5.71. The minimum absolute atomic E-state index is 0.0803. The smallest absolute Gasteiger partial charge is 0.231 e. The molecular weight excluding hydrogens is 422 g/mol. The number of aromatic nitrogens is 3. The summed E-state index contributed by atoms with van der Waals surface area (Å²) in [7, 11) is 0. The summed E-state index contributed by atoms with van der Waals surface area (Å²) >= 11 is 2.82. The van der Waals surface area contributed by atoms with Crippen LogP contribution in [-0.2, 0) is 22.4 Å². The number of anilines is 2. The van der Waals surface area contributed by atoms with Gasteiger partial charge in [0.15, 0.2) is 5.13 Å². The van der Waals surface area contributed by atoms with Crippen LogP contribution in [0.1, 0.15) is 16.5 Å². The van der Waals surface area contributed by atoms with Gasteiger partial charge in [0.1, 0.15) is 0 Å². The Bertz CT molecular complexity index is 1170. The van der Waals surface area contributed by atoms with Crippen LogP contribution in [0.4, 0.5) is 10.8 Å². The minimum Gasteiger partial charge on any atom is -0.339 e. The molecule has 0 bridgehead atoms. The zero-order chi connectivity index (χ0) is 20.9. The molecule has 1 aromatic carbocycles. The molecule has 30 heavy (non-hydrogen) atoms. The van der Waals surface area contributed by atoms with E-state index in [0.717, 1.165) is 4.88 Å². The largest absolute Gasteiger partial charge is 0.339 e. The fraction of sp³-hybridized carbons (Fsp3) is 0.150. The van der Waals surface area contributed by atoms with E-state index in [9.17, 15) is 9.59 Å². The quantitative estimate of drug-likeness (QED) is 0.452. The number of amides is 2. The molecule has 0 radical (unpaired) electrons. The molecule has 0 unspecified atom stereocenters. The topological polar surface area (TPSA) is 110 Å². The van der Waals surface area contributed by atoms with Gasteiger partial charge in [-0.15, -0.1) is 22.7 Å². The molecule has 0 aliphatic rings. The van der Waals surface area contributed by atoms with Gasteiger partial charge in [0.2, 0.25) is 23.5 Å². The second-order valence-corrected chi connectivity index (χ2v) is 8.25. The number of nitrogens with zero attached hydrogens (tertiary/aromatic N) is 3. The van der Waals surface area contributed by atoms with Gasteiger partial charge in [-0.25, -0.2) is 4.98 Å². The van der Waals surface area contributed by atoms with Crippen molar-refractivity contribution in [2.75, 3.05) is 10.6 Å². The van der Waals surface area contributed by atoms with Crippen molar-refractivity contribution in [3.63, 3.8) is 0 Å². The molecule has 2 N–H and O–H groups in total. The molecule has 8 nitrogen and oxygen atoms in total. The zero-order valence-electron chi connectivity index (χ0n) is 15.9. The number of thiophene rings is 1. The Balaban J connectivity index is 1.37. The third-order valence-electron chi connectivity index (χ3n) is 4.02. The summed E-state index contributed by atoms with van der Waals surface area (Å²) in [6.07, 6.45) is 0.385. The summed E-state index contributed by atoms with van der Waals surface area (Å²) in [4.78, 5) is 34.1. The summed E-state index contributed by atoms with van der Waals surface area (Å²) in [5.41, 5.74) is 1.84. The van der Waals surface area contributed by atoms with Crippen LogP contribution < -0.4 is 10.6 Å². The normalized spacial score (nSPS) is 10.7. The lowest BCUT2D eigenvalue weighted by Crippen LogP contribution is -2.16. The van der Waals surface area contributed by atoms with E-state index >= 15 is 0 Å². The van der Waals surface area contributed by atoms with Crippen LogP contribution >= 0.6 is 22.7 Å². The van der Waals surface area contributed by atoms with E-state index in [1.54, 1.807) is 18.4 Å². The summed E-state index contributed by atoms with van der Waals surface area (Å²) in [6.45, 7) is 1.71. The van der Waals surface area contributed by atoms with Crippen molar-refractivity contribution in [3.05, 3.63) is 63.6 Å². The molecule has 2 amide bonds. The van der Waals surface area contributed by atoms with Crippen molar-refractivity contribution in [2.45, 2.75) is 19.8 Å². The van der Waals surface area contributed by atoms with Crippen molar-refractivity contribution < 1.29 is 14.1 Å². The molecule has 0 fully saturated rings. The molecule has 0 saturated heterocycles. The zero-order valence-corrected chi connectivity index (χ0v) is 17.5. The number of thiazole rings is 1. The second kappa shape index (κ2) is 8.97. The fourth-order valence-corrected chi connectivity index (χ4v) is 4.17. The Hall–Kier alpha value is -3.37. The highest BCUT2D eigenvalue weighted by Gasteiger charge is 2.15. The van der Waals surface area contributed by atoms with Gasteiger partial charge in [-0.1, -0.05) is 23.4 Å². The van der Waals surface area contributed by atoms with Crippen LogP contribution in [-0.4, -0.2) is 26.9 Å². The second-order valence-electron chi connectivity index (χ2n) is 6.36. The maximum Gasteiger partial charge on any atom is 0.231 e. The number of benzene rings is 1. The van der Waals surface area contributed by atoms with Crippen LogP contribution in [0.3, 0.4) is 0 Å². The van der Waals surface area contributed by atoms with E-state index in [1.807, 2.05) is 35.7 Å². The van der Waals surface area contributed by atoms with E-state index in [-0.39, 0.29) is 18.2 Å². The van der Waals surface area contributed by atoms with Crippen LogP contribution in [0, 0.1) is 6.92 Å². The monoisotopic (exact) mass is 439 g/mol. The van der Waals surface area contributed by atoms with E-state index in [0.29, 0.717) is 40.2 Å². The summed E-state index contributed by atoms with van der Waals surface area (Å²) < 4.78 is 5.03. The Kier molecular flexibility index (Phi) is 5.96. The third kappa shape index (κ3) is 4.97. The molecular formula is C20H17N5O3S2. The Morgan fingerprint density at radius 3 is 2.60 bits per heavy atom. The molecule has 3 heterocycles. The van der Waals surface area contributed by atoms with Crippen LogP contribution in [0.15, 0.2) is 51.7 Å². The molecule has 3 aromatic heterocycles. The maximum absolute atomic E-state index is 12.5. The number of carbonyl (C=O) groups excluding carboxylic acids is 2. The van der Waals surface area contributed by atoms with Crippen LogP contribution in [0.2, 0.25) is 0 Å². The van der Waals surface area contributed by atoms with Gasteiger partial charge in [-0.2, -0.15) is 4.98 Å². The number of nitrogens with one attached hydrogen (secondary N) is 2. The molecule has 0 aliphatic carbocycles. The van der Waals surface area contributed by atoms with Gasteiger partial charge in [-0.05, 0) is 23.6 Å². The van der Waals surface area contributed by atoms with Crippen molar-refractivity contribution in [3.8, 4) is 11.4 Å². The number of hydrogen-bond donors (Lipinski definition) is 2. The number of rotatable bonds is 7. The van der Waals surface area contributed by atoms with Gasteiger partial charge in [0.25, 0.3) is 0 Å². The van der Waals surface area contributed by atoms with Crippen LogP contribution in [0.5, 0.6) is 0 Å². The first kappa shape index (κ1) is 19.9. The molecule has 0 spiro atoms. The van der Waals surface area contributed by atoms with E-state index in [2.05, 4.69) is 25.8 Å². The highest BCUT2D eigenvalue weighted by Crippen LogP contribution is 2.25. The SMILES string of the molecule is Cc1nc(-c2ccccc2NC(=O)Cc2csc(NC(=O)Cc3cccs3)n2)no1. The minimum atomic E-state index is -0.232. The van der Waals surface area contributed by atoms with Crippen molar-refractivity contribution >= 4 is 45.3 Å². The maximum atomic E-state index is 12.5. The summed E-state index contributed by atoms with van der Waals surface area (Å²) in [6, 6.07) is 11.1. The Labute approximate surface area is 180 Å². The summed E-state index contributed by atoms with van der Waals surface area (Å²) in [5, 5.41) is 13.7. The number of aryl methyl sites for hydroxylation is 1. The fourth-order valence-electron chi connectivity index (χ4n) is 2.74. The highest BCUT2D eigenvalue weighted by molar-refractivity contribution is 7.14. The van der Waals surface area contributed by atoms with Gasteiger partial charge in [-0.3, -0.25) is 9.59 Å². The Morgan fingerprint density at radius 1 is 1.00 bits per heavy atom. The molecule has 4 rings (SSSR count). The highest BCUT2D eigenvalue weighted by atomic mass is 32.1. The predicted octanol–water partition coefficient (Wildman–Crippen LogP) is 3.93. The van der Waals surface area contributed by atoms with Crippen LogP contribution in [0.25, 0.3) is 11.4 Å². The number of hydrogen-bond acceptors (Lipinski definition) is 8. The first-order valence-electron chi connectivity index (χ1n) is 9.03. The summed E-state index contributed by atoms with van der Waals surface area (Å²) in [5.74, 6) is 0.492. The lowest BCUT2D eigenvalue weighted by atomic mass is 10.1. The lowest BCUT2D eigenvalue weighted by Gasteiger charge is -2.07. The van der Waals surface area contributed by atoms with Crippen molar-refractivity contribution in [2.24, 2.45) is 0 Å². The van der Waals surface area contributed by atoms with Crippen molar-refractivity contribution in [1.29, 1.82) is 0 Å². The van der Waals surface area contributed by atoms with E-state index in [1.165, 1.54) is 22.7 Å². The standard InChI is InChI=1S/C20H17N5O3S2/c1-12-21-19(25-28-12)15-6-2-3-7-16(15)23-17(26)9-13-11-30-20(22-13)24-18(27)10-14-5-4-8-29-14/h2-8,11H,9-10H2,1H3,(H,23,26)(H,22,24,27). The van der Waals surface area contributed by atoms with E-state index in [4.69, 9.17) is 4.52 Å². The van der Waals surface area contributed by atoms with Gasteiger partial charge in [0.05, 0.1) is 24.2 Å². The van der Waals surface area contributed by atoms with Gasteiger partial charge in [0, 0.05) is 22.7 Å². The first-order chi connectivity index (χ1) is 14.6. The van der Waals surface area contributed by atoms with E-state index < -0.39 is 0 Å². The van der Waals surface area contributed by atoms with Gasteiger partial charge < -0.3 is 15.2 Å². The lowest BCUT2D eigenvalue weighted by molar-refractivity contribution is -0.116. The first-order valence-corrected chi connectivity index (χ1v) is 10.8. The molecule has 152 valence electrons. The molecule has 10 heteroatoms. The number of para-hydroxylation sites is 1. The number of carbonyl (C=O) groups is 2. The molecule has 0 aliphatic heterocycles. The average Bonchev–Trinajstić information content (AvgIpc) is 3.46.